The number of carboxylic acid groups (broad SMARTS) is 1. The molecule has 19 heavy (non-hydrogen) atoms. The Labute approximate surface area is 113 Å². The van der Waals surface area contributed by atoms with E-state index in [-0.39, 0.29) is 11.2 Å². The van der Waals surface area contributed by atoms with Crippen molar-refractivity contribution in [3.63, 3.8) is 0 Å². The third-order valence-corrected chi connectivity index (χ3v) is 3.57. The molecule has 0 radical (unpaired) electrons. The number of carbonyl (C=O) groups is 1. The van der Waals surface area contributed by atoms with Gasteiger partial charge in [0.1, 0.15) is 6.33 Å². The van der Waals surface area contributed by atoms with Crippen molar-refractivity contribution < 1.29 is 9.90 Å². The minimum Gasteiger partial charge on any atom is -0.465 e. The van der Waals surface area contributed by atoms with Crippen molar-refractivity contribution in [2.45, 2.75) is 18.9 Å². The molecule has 3 heterocycles. The van der Waals surface area contributed by atoms with Gasteiger partial charge in [0.2, 0.25) is 0 Å². The number of fused-ring (bicyclic) bond motifs is 1. The van der Waals surface area contributed by atoms with Gasteiger partial charge in [-0.3, -0.25) is 0 Å². The smallest absolute Gasteiger partial charge is 0.407 e. The Hall–Kier alpha value is -1.96. The predicted molar refractivity (Wildman–Crippen MR) is 66.0 cm³/mol. The monoisotopic (exact) mass is 282 g/mol. The van der Waals surface area contributed by atoms with E-state index in [4.69, 9.17) is 16.7 Å². The van der Waals surface area contributed by atoms with Crippen LogP contribution in [0.2, 0.25) is 5.15 Å². The molecule has 1 aliphatic heterocycles. The quantitative estimate of drug-likeness (QED) is 0.789. The summed E-state index contributed by atoms with van der Waals surface area (Å²) in [6, 6.07) is 0.0894. The first-order valence-electron chi connectivity index (χ1n) is 5.86. The standard InChI is InChI=1S/C10H11ClN6O2/c11-8-7-9(13-5-12-8)17(15-14-7)6-1-3-16(4-2-6)10(18)19/h5-6H,1-4H2,(H,18,19). The van der Waals surface area contributed by atoms with E-state index in [1.54, 1.807) is 4.68 Å². The van der Waals surface area contributed by atoms with Crippen molar-refractivity contribution in [1.29, 1.82) is 0 Å². The molecule has 0 spiro atoms. The molecule has 1 fully saturated rings. The van der Waals surface area contributed by atoms with Crippen molar-refractivity contribution in [2.75, 3.05) is 13.1 Å². The molecular formula is C10H11ClN6O2. The van der Waals surface area contributed by atoms with Gasteiger partial charge in [-0.25, -0.2) is 19.4 Å². The van der Waals surface area contributed by atoms with Crippen molar-refractivity contribution in [3.8, 4) is 0 Å². The summed E-state index contributed by atoms with van der Waals surface area (Å²) in [6.07, 6.45) is 1.86. The molecule has 1 aliphatic rings. The number of hydrogen-bond donors (Lipinski definition) is 1. The van der Waals surface area contributed by atoms with Gasteiger partial charge < -0.3 is 10.0 Å². The first-order valence-corrected chi connectivity index (χ1v) is 6.24. The zero-order valence-electron chi connectivity index (χ0n) is 9.90. The molecule has 0 saturated carbocycles. The van der Waals surface area contributed by atoms with Gasteiger partial charge in [0.25, 0.3) is 0 Å². The first-order chi connectivity index (χ1) is 9.16. The number of rotatable bonds is 1. The lowest BCUT2D eigenvalue weighted by molar-refractivity contribution is 0.124. The summed E-state index contributed by atoms with van der Waals surface area (Å²) < 4.78 is 1.71. The lowest BCUT2D eigenvalue weighted by Gasteiger charge is -2.29. The summed E-state index contributed by atoms with van der Waals surface area (Å²) in [5.74, 6) is 0. The van der Waals surface area contributed by atoms with Crippen LogP contribution in [0.4, 0.5) is 4.79 Å². The van der Waals surface area contributed by atoms with Gasteiger partial charge in [-0.05, 0) is 12.8 Å². The number of aromatic nitrogens is 5. The average Bonchev–Trinajstić information content (AvgIpc) is 2.84. The van der Waals surface area contributed by atoms with Gasteiger partial charge in [-0.15, -0.1) is 5.10 Å². The van der Waals surface area contributed by atoms with Crippen LogP contribution in [0.15, 0.2) is 6.33 Å². The highest BCUT2D eigenvalue weighted by molar-refractivity contribution is 6.33. The topological polar surface area (TPSA) is 97.0 Å². The minimum atomic E-state index is -0.882. The molecule has 1 saturated heterocycles. The molecule has 1 amide bonds. The molecule has 0 bridgehead atoms. The Morgan fingerprint density at radius 1 is 1.37 bits per heavy atom. The number of amides is 1. The molecule has 0 atom stereocenters. The number of nitrogens with zero attached hydrogens (tertiary/aromatic N) is 6. The van der Waals surface area contributed by atoms with Crippen LogP contribution in [-0.4, -0.2) is 54.2 Å². The van der Waals surface area contributed by atoms with E-state index in [0.717, 1.165) is 0 Å². The Balaban J connectivity index is 1.86. The Bertz CT molecular complexity index is 622. The SMILES string of the molecule is O=C(O)N1CCC(n2nnc3c(Cl)ncnc32)CC1. The van der Waals surface area contributed by atoms with Gasteiger partial charge in [0.15, 0.2) is 16.3 Å². The Morgan fingerprint density at radius 2 is 2.11 bits per heavy atom. The molecule has 1 N–H and O–H groups in total. The highest BCUT2D eigenvalue weighted by Gasteiger charge is 2.26. The highest BCUT2D eigenvalue weighted by atomic mass is 35.5. The minimum absolute atomic E-state index is 0.0894. The maximum Gasteiger partial charge on any atom is 0.407 e. The van der Waals surface area contributed by atoms with Crippen LogP contribution in [0.1, 0.15) is 18.9 Å². The molecule has 0 aromatic carbocycles. The summed E-state index contributed by atoms with van der Waals surface area (Å²) in [5, 5.41) is 17.2. The number of likely N-dealkylation sites (tertiary alicyclic amines) is 1. The van der Waals surface area contributed by atoms with Crippen molar-refractivity contribution in [2.24, 2.45) is 0 Å². The largest absolute Gasteiger partial charge is 0.465 e. The summed E-state index contributed by atoms with van der Waals surface area (Å²) >= 11 is 5.92. The normalized spacial score (nSPS) is 17.0. The van der Waals surface area contributed by atoms with Gasteiger partial charge >= 0.3 is 6.09 Å². The van der Waals surface area contributed by atoms with E-state index in [2.05, 4.69) is 20.3 Å². The van der Waals surface area contributed by atoms with Gasteiger partial charge in [0.05, 0.1) is 6.04 Å². The fraction of sp³-hybridized carbons (Fsp3) is 0.500. The highest BCUT2D eigenvalue weighted by Crippen LogP contribution is 2.25. The van der Waals surface area contributed by atoms with Crippen LogP contribution in [0.25, 0.3) is 11.2 Å². The number of piperidine rings is 1. The fourth-order valence-corrected chi connectivity index (χ4v) is 2.45. The molecule has 2 aromatic rings. The molecule has 0 unspecified atom stereocenters. The maximum atomic E-state index is 10.9. The summed E-state index contributed by atoms with van der Waals surface area (Å²) in [4.78, 5) is 20.3. The molecule has 8 nitrogen and oxygen atoms in total. The van der Waals surface area contributed by atoms with E-state index in [1.165, 1.54) is 11.2 Å². The first kappa shape index (κ1) is 12.1. The molecule has 100 valence electrons. The predicted octanol–water partition coefficient (Wildman–Crippen LogP) is 1.19. The second kappa shape index (κ2) is 4.61. The Morgan fingerprint density at radius 3 is 2.79 bits per heavy atom. The van der Waals surface area contributed by atoms with Gasteiger partial charge in [0, 0.05) is 13.1 Å². The zero-order chi connectivity index (χ0) is 13.4. The zero-order valence-corrected chi connectivity index (χ0v) is 10.7. The van der Waals surface area contributed by atoms with Crippen LogP contribution >= 0.6 is 11.6 Å². The lowest BCUT2D eigenvalue weighted by Crippen LogP contribution is -2.38. The molecular weight excluding hydrogens is 272 g/mol. The van der Waals surface area contributed by atoms with Crippen molar-refractivity contribution in [3.05, 3.63) is 11.5 Å². The van der Waals surface area contributed by atoms with Crippen LogP contribution < -0.4 is 0 Å². The molecule has 3 rings (SSSR count). The van der Waals surface area contributed by atoms with Crippen LogP contribution in [0, 0.1) is 0 Å². The molecule has 2 aromatic heterocycles. The summed E-state index contributed by atoms with van der Waals surface area (Å²) in [7, 11) is 0. The van der Waals surface area contributed by atoms with Crippen LogP contribution in [0.3, 0.4) is 0 Å². The van der Waals surface area contributed by atoms with E-state index in [1.807, 2.05) is 0 Å². The van der Waals surface area contributed by atoms with Crippen molar-refractivity contribution >= 4 is 28.9 Å². The van der Waals surface area contributed by atoms with E-state index in [9.17, 15) is 4.79 Å². The Kier molecular flexibility index (Phi) is 2.94. The molecule has 0 aliphatic carbocycles. The van der Waals surface area contributed by atoms with Crippen molar-refractivity contribution in [1.82, 2.24) is 29.9 Å². The third-order valence-electron chi connectivity index (χ3n) is 3.30. The molecule has 9 heteroatoms. The van der Waals surface area contributed by atoms with E-state index >= 15 is 0 Å². The third kappa shape index (κ3) is 2.07. The number of hydrogen-bond acceptors (Lipinski definition) is 5. The number of halogens is 1. The van der Waals surface area contributed by atoms with Crippen LogP contribution in [0.5, 0.6) is 0 Å². The average molecular weight is 283 g/mol. The second-order valence-electron chi connectivity index (χ2n) is 4.37. The van der Waals surface area contributed by atoms with E-state index < -0.39 is 6.09 Å². The maximum absolute atomic E-state index is 10.9. The van der Waals surface area contributed by atoms with Crippen LogP contribution in [-0.2, 0) is 0 Å². The van der Waals surface area contributed by atoms with Gasteiger partial charge in [-0.1, -0.05) is 16.8 Å². The lowest BCUT2D eigenvalue weighted by atomic mass is 10.1. The van der Waals surface area contributed by atoms with Gasteiger partial charge in [-0.2, -0.15) is 0 Å². The summed E-state index contributed by atoms with van der Waals surface area (Å²) in [5.41, 5.74) is 1.07. The second-order valence-corrected chi connectivity index (χ2v) is 4.73. The summed E-state index contributed by atoms with van der Waals surface area (Å²) in [6.45, 7) is 0.973. The van der Waals surface area contributed by atoms with E-state index in [0.29, 0.717) is 37.1 Å². The fourth-order valence-electron chi connectivity index (χ4n) is 2.29.